The molecule has 0 aliphatic carbocycles. The Morgan fingerprint density at radius 1 is 1.11 bits per heavy atom. The van der Waals surface area contributed by atoms with Gasteiger partial charge in [0.15, 0.2) is 0 Å². The zero-order valence-electron chi connectivity index (χ0n) is 12.2. The van der Waals surface area contributed by atoms with Crippen molar-refractivity contribution in [3.63, 3.8) is 0 Å². The summed E-state index contributed by atoms with van der Waals surface area (Å²) in [6.07, 6.45) is 3.01. The molecule has 0 aromatic carbocycles. The first-order valence-electron chi connectivity index (χ1n) is 6.55. The van der Waals surface area contributed by atoms with Crippen molar-refractivity contribution in [2.75, 3.05) is 13.1 Å². The van der Waals surface area contributed by atoms with E-state index in [2.05, 4.69) is 26.8 Å². The fraction of sp³-hybridized carbons (Fsp3) is 0.846. The van der Waals surface area contributed by atoms with Crippen molar-refractivity contribution >= 4 is 7.12 Å². The molecule has 0 radical (unpaired) electrons. The highest BCUT2D eigenvalue weighted by molar-refractivity contribution is 6.40. The Bertz CT molecular complexity index is 239. The largest absolute Gasteiger partial charge is 0.479 e. The van der Waals surface area contributed by atoms with Gasteiger partial charge in [0.2, 0.25) is 0 Å². The summed E-state index contributed by atoms with van der Waals surface area (Å²) in [4.78, 5) is 0. The second kappa shape index (κ2) is 9.56. The van der Waals surface area contributed by atoms with Crippen LogP contribution in [0.3, 0.4) is 0 Å². The van der Waals surface area contributed by atoms with Crippen LogP contribution in [0.1, 0.15) is 41.0 Å². The molecule has 0 spiro atoms. The van der Waals surface area contributed by atoms with E-state index in [4.69, 9.17) is 19.5 Å². The Labute approximate surface area is 111 Å². The molecule has 18 heavy (non-hydrogen) atoms. The Hall–Kier alpha value is -0.355. The molecule has 2 unspecified atom stereocenters. The zero-order chi connectivity index (χ0) is 14.1. The third-order valence-corrected chi connectivity index (χ3v) is 2.74. The maximum absolute atomic E-state index is 8.71. The first kappa shape index (κ1) is 17.6. The van der Waals surface area contributed by atoms with Gasteiger partial charge >= 0.3 is 7.12 Å². The summed E-state index contributed by atoms with van der Waals surface area (Å²) in [7, 11) is -1.42. The first-order valence-corrected chi connectivity index (χ1v) is 6.55. The normalized spacial score (nSPS) is 15.9. The van der Waals surface area contributed by atoms with Gasteiger partial charge < -0.3 is 19.5 Å². The number of hydrogen-bond acceptors (Lipinski definition) is 4. The van der Waals surface area contributed by atoms with Crippen molar-refractivity contribution in [2.24, 2.45) is 5.92 Å². The standard InChI is InChI=1S/C13H27BO4/c1-10(2)6-7-11(3)8-17-12(4)13(5)18-9-14(15)16/h6,11-13,15-16H,7-9H2,1-5H3/t11-,12?,13?/m0/s1. The van der Waals surface area contributed by atoms with Crippen molar-refractivity contribution < 1.29 is 19.5 Å². The van der Waals surface area contributed by atoms with Crippen molar-refractivity contribution in [1.82, 2.24) is 0 Å². The summed E-state index contributed by atoms with van der Waals surface area (Å²) in [6.45, 7) is 10.7. The Morgan fingerprint density at radius 3 is 2.17 bits per heavy atom. The minimum absolute atomic E-state index is 0.0575. The van der Waals surface area contributed by atoms with Crippen LogP contribution in [0.2, 0.25) is 0 Å². The number of ether oxygens (including phenoxy) is 2. The zero-order valence-corrected chi connectivity index (χ0v) is 12.2. The summed E-state index contributed by atoms with van der Waals surface area (Å²) in [5.74, 6) is 0.470. The molecule has 0 amide bonds. The fourth-order valence-electron chi connectivity index (χ4n) is 1.33. The minimum atomic E-state index is -1.42. The SMILES string of the molecule is CC(C)=CC[C@H](C)COC(C)C(C)OCB(O)O. The summed E-state index contributed by atoms with van der Waals surface area (Å²) in [5.41, 5.74) is 1.32. The van der Waals surface area contributed by atoms with Crippen LogP contribution in [0.4, 0.5) is 0 Å². The maximum atomic E-state index is 8.71. The highest BCUT2D eigenvalue weighted by Crippen LogP contribution is 2.10. The van der Waals surface area contributed by atoms with Gasteiger partial charge in [0.05, 0.1) is 18.7 Å². The van der Waals surface area contributed by atoms with Crippen LogP contribution in [0.15, 0.2) is 11.6 Å². The lowest BCUT2D eigenvalue weighted by atomic mass is 9.95. The molecular weight excluding hydrogens is 231 g/mol. The molecule has 5 heteroatoms. The van der Waals surface area contributed by atoms with Crippen LogP contribution in [0.5, 0.6) is 0 Å². The number of rotatable bonds is 9. The number of hydrogen-bond donors (Lipinski definition) is 2. The predicted octanol–water partition coefficient (Wildman–Crippen LogP) is 1.80. The Morgan fingerprint density at radius 2 is 1.67 bits per heavy atom. The average molecular weight is 258 g/mol. The molecule has 0 aromatic heterocycles. The molecule has 0 aliphatic rings. The Balaban J connectivity index is 3.80. The van der Waals surface area contributed by atoms with E-state index in [1.165, 1.54) is 5.57 Å². The summed E-state index contributed by atoms with van der Waals surface area (Å²) in [6, 6.07) is 0. The van der Waals surface area contributed by atoms with Gasteiger partial charge in [-0.1, -0.05) is 18.6 Å². The van der Waals surface area contributed by atoms with Gasteiger partial charge in [0.25, 0.3) is 0 Å². The van der Waals surface area contributed by atoms with E-state index in [9.17, 15) is 0 Å². The van der Waals surface area contributed by atoms with Crippen molar-refractivity contribution in [2.45, 2.75) is 53.2 Å². The van der Waals surface area contributed by atoms with Gasteiger partial charge in [-0.15, -0.1) is 0 Å². The van der Waals surface area contributed by atoms with Gasteiger partial charge in [-0.05, 0) is 40.0 Å². The van der Waals surface area contributed by atoms with Gasteiger partial charge in [0, 0.05) is 6.61 Å². The molecule has 0 fully saturated rings. The quantitative estimate of drug-likeness (QED) is 0.489. The van der Waals surface area contributed by atoms with Gasteiger partial charge in [-0.2, -0.15) is 0 Å². The lowest BCUT2D eigenvalue weighted by molar-refractivity contribution is -0.0561. The molecule has 0 rings (SSSR count). The second-order valence-electron chi connectivity index (χ2n) is 5.18. The van der Waals surface area contributed by atoms with Gasteiger partial charge in [-0.25, -0.2) is 0 Å². The topological polar surface area (TPSA) is 58.9 Å². The smallest absolute Gasteiger partial charge is 0.426 e. The van der Waals surface area contributed by atoms with Crippen LogP contribution in [-0.2, 0) is 9.47 Å². The van der Waals surface area contributed by atoms with E-state index in [-0.39, 0.29) is 18.7 Å². The maximum Gasteiger partial charge on any atom is 0.479 e. The highest BCUT2D eigenvalue weighted by atomic mass is 16.5. The third kappa shape index (κ3) is 9.65. The molecule has 3 atom stereocenters. The molecule has 0 saturated carbocycles. The van der Waals surface area contributed by atoms with E-state index < -0.39 is 7.12 Å². The molecule has 0 heterocycles. The van der Waals surface area contributed by atoms with Gasteiger partial charge in [-0.3, -0.25) is 0 Å². The lowest BCUT2D eigenvalue weighted by Crippen LogP contribution is -2.32. The van der Waals surface area contributed by atoms with Crippen molar-refractivity contribution in [3.8, 4) is 0 Å². The van der Waals surface area contributed by atoms with Gasteiger partial charge in [0.1, 0.15) is 0 Å². The molecule has 4 nitrogen and oxygen atoms in total. The van der Waals surface area contributed by atoms with E-state index in [0.29, 0.717) is 12.5 Å². The molecule has 2 N–H and O–H groups in total. The van der Waals surface area contributed by atoms with Crippen molar-refractivity contribution in [3.05, 3.63) is 11.6 Å². The van der Waals surface area contributed by atoms with Crippen LogP contribution >= 0.6 is 0 Å². The van der Waals surface area contributed by atoms with E-state index >= 15 is 0 Å². The van der Waals surface area contributed by atoms with Crippen LogP contribution < -0.4 is 0 Å². The summed E-state index contributed by atoms with van der Waals surface area (Å²) < 4.78 is 11.0. The second-order valence-corrected chi connectivity index (χ2v) is 5.18. The van der Waals surface area contributed by atoms with Crippen LogP contribution in [-0.4, -0.2) is 42.5 Å². The van der Waals surface area contributed by atoms with E-state index in [1.807, 2.05) is 13.8 Å². The lowest BCUT2D eigenvalue weighted by Gasteiger charge is -2.22. The molecule has 0 bridgehead atoms. The molecule has 0 aromatic rings. The highest BCUT2D eigenvalue weighted by Gasteiger charge is 2.17. The van der Waals surface area contributed by atoms with Crippen molar-refractivity contribution in [1.29, 1.82) is 0 Å². The summed E-state index contributed by atoms with van der Waals surface area (Å²) >= 11 is 0. The summed E-state index contributed by atoms with van der Waals surface area (Å²) in [5, 5.41) is 17.4. The van der Waals surface area contributed by atoms with E-state index in [1.54, 1.807) is 0 Å². The minimum Gasteiger partial charge on any atom is -0.426 e. The molecule has 0 aliphatic heterocycles. The fourth-order valence-corrected chi connectivity index (χ4v) is 1.33. The Kier molecular flexibility index (Phi) is 9.37. The first-order chi connectivity index (χ1) is 8.32. The molecule has 0 saturated heterocycles. The number of allylic oxidation sites excluding steroid dienone is 2. The monoisotopic (exact) mass is 258 g/mol. The molecule has 106 valence electrons. The van der Waals surface area contributed by atoms with E-state index in [0.717, 1.165) is 6.42 Å². The predicted molar refractivity (Wildman–Crippen MR) is 74.2 cm³/mol. The average Bonchev–Trinajstić information content (AvgIpc) is 2.30. The van der Waals surface area contributed by atoms with Crippen LogP contribution in [0.25, 0.3) is 0 Å². The third-order valence-electron chi connectivity index (χ3n) is 2.74. The van der Waals surface area contributed by atoms with Crippen LogP contribution in [0, 0.1) is 5.92 Å². The molecular formula is C13H27BO4.